The maximum atomic E-state index is 10.9. The fraction of sp³-hybridized carbons (Fsp3) is 0.556. The average Bonchev–Trinajstić information content (AvgIpc) is 2.65. The van der Waals surface area contributed by atoms with Gasteiger partial charge in [-0.3, -0.25) is 0 Å². The molecule has 92 valence electrons. The maximum absolute atomic E-state index is 10.9. The Labute approximate surface area is 94.5 Å². The lowest BCUT2D eigenvalue weighted by atomic mass is 10.3. The molecule has 0 radical (unpaired) electrons. The molecule has 1 atom stereocenters. The van der Waals surface area contributed by atoms with Crippen molar-refractivity contribution < 1.29 is 17.9 Å². The largest absolute Gasteiger partial charge is 0.447 e. The Balaban J connectivity index is 2.47. The van der Waals surface area contributed by atoms with Crippen LogP contribution < -0.4 is 10.5 Å². The molecule has 16 heavy (non-hydrogen) atoms. The number of rotatable bonds is 6. The zero-order chi connectivity index (χ0) is 12.2. The number of aliphatic hydroxyl groups excluding tert-OH is 1. The molecule has 0 fully saturated rings. The van der Waals surface area contributed by atoms with Gasteiger partial charge in [0.25, 0.3) is 10.0 Å². The van der Waals surface area contributed by atoms with E-state index in [0.717, 1.165) is 0 Å². The van der Waals surface area contributed by atoms with Gasteiger partial charge in [-0.1, -0.05) is 6.92 Å². The number of nitrogens with one attached hydrogen (secondary N) is 1. The molecule has 0 aliphatic rings. The summed E-state index contributed by atoms with van der Waals surface area (Å²) in [5.41, 5.74) is 0. The first-order valence-electron chi connectivity index (χ1n) is 4.93. The van der Waals surface area contributed by atoms with Crippen LogP contribution in [-0.4, -0.2) is 26.2 Å². The topological polar surface area (TPSA) is 106 Å². The Morgan fingerprint density at radius 2 is 2.25 bits per heavy atom. The van der Waals surface area contributed by atoms with Gasteiger partial charge in [-0.05, 0) is 18.6 Å². The molecule has 0 aliphatic heterocycles. The second kappa shape index (κ2) is 5.44. The van der Waals surface area contributed by atoms with E-state index in [1.54, 1.807) is 0 Å². The summed E-state index contributed by atoms with van der Waals surface area (Å²) in [5.74, 6) is 0.465. The van der Waals surface area contributed by atoms with Crippen molar-refractivity contribution in [3.05, 3.63) is 17.9 Å². The highest BCUT2D eigenvalue weighted by atomic mass is 32.2. The summed E-state index contributed by atoms with van der Waals surface area (Å²) < 4.78 is 26.8. The third kappa shape index (κ3) is 3.93. The zero-order valence-corrected chi connectivity index (χ0v) is 9.83. The molecule has 1 aromatic rings. The maximum Gasteiger partial charge on any atom is 0.271 e. The minimum atomic E-state index is -3.77. The van der Waals surface area contributed by atoms with Crippen LogP contribution in [0.2, 0.25) is 0 Å². The standard InChI is InChI=1S/C9H16N2O4S/c1-2-7(12)5-11-6-8-3-4-9(15-8)16(10,13)14/h3-4,7,11-12H,2,5-6H2,1H3,(H2,10,13,14). The number of aliphatic hydroxyl groups is 1. The molecule has 0 spiro atoms. The Morgan fingerprint density at radius 1 is 1.56 bits per heavy atom. The number of hydrogen-bond donors (Lipinski definition) is 3. The Bertz CT molecular complexity index is 426. The predicted octanol–water partition coefficient (Wildman–Crippen LogP) is -0.212. The minimum absolute atomic E-state index is 0.250. The lowest BCUT2D eigenvalue weighted by Crippen LogP contribution is -2.25. The molecular formula is C9H16N2O4S. The van der Waals surface area contributed by atoms with Crippen LogP contribution in [0.25, 0.3) is 0 Å². The number of sulfonamides is 1. The first kappa shape index (κ1) is 13.2. The van der Waals surface area contributed by atoms with Gasteiger partial charge in [0.15, 0.2) is 0 Å². The molecule has 1 aromatic heterocycles. The van der Waals surface area contributed by atoms with Gasteiger partial charge < -0.3 is 14.8 Å². The Hall–Kier alpha value is -0.890. The van der Waals surface area contributed by atoms with Crippen molar-refractivity contribution in [2.45, 2.75) is 31.1 Å². The molecule has 7 heteroatoms. The van der Waals surface area contributed by atoms with Gasteiger partial charge >= 0.3 is 0 Å². The van der Waals surface area contributed by atoms with Crippen LogP contribution in [0.15, 0.2) is 21.6 Å². The van der Waals surface area contributed by atoms with E-state index in [2.05, 4.69) is 5.32 Å². The van der Waals surface area contributed by atoms with Crippen LogP contribution >= 0.6 is 0 Å². The van der Waals surface area contributed by atoms with E-state index in [1.165, 1.54) is 12.1 Å². The smallest absolute Gasteiger partial charge is 0.271 e. The zero-order valence-electron chi connectivity index (χ0n) is 9.01. The van der Waals surface area contributed by atoms with E-state index in [1.807, 2.05) is 6.92 Å². The van der Waals surface area contributed by atoms with Crippen LogP contribution in [0.3, 0.4) is 0 Å². The van der Waals surface area contributed by atoms with E-state index in [9.17, 15) is 13.5 Å². The summed E-state index contributed by atoms with van der Waals surface area (Å²) in [6.07, 6.45) is 0.251. The van der Waals surface area contributed by atoms with Gasteiger partial charge in [0.1, 0.15) is 5.76 Å². The van der Waals surface area contributed by atoms with Gasteiger partial charge in [-0.2, -0.15) is 0 Å². The van der Waals surface area contributed by atoms with Crippen molar-refractivity contribution in [2.75, 3.05) is 6.54 Å². The van der Waals surface area contributed by atoms with Crippen molar-refractivity contribution in [2.24, 2.45) is 5.14 Å². The lowest BCUT2D eigenvalue weighted by molar-refractivity contribution is 0.166. The van der Waals surface area contributed by atoms with E-state index >= 15 is 0 Å². The van der Waals surface area contributed by atoms with Crippen molar-refractivity contribution in [3.63, 3.8) is 0 Å². The molecule has 4 N–H and O–H groups in total. The monoisotopic (exact) mass is 248 g/mol. The summed E-state index contributed by atoms with van der Waals surface area (Å²) in [5, 5.41) is 16.8. The number of primary sulfonamides is 1. The Kier molecular flexibility index (Phi) is 4.48. The van der Waals surface area contributed by atoms with Gasteiger partial charge in [0, 0.05) is 6.54 Å². The van der Waals surface area contributed by atoms with Gasteiger partial charge in [-0.25, -0.2) is 13.6 Å². The highest BCUT2D eigenvalue weighted by Gasteiger charge is 2.12. The van der Waals surface area contributed by atoms with Gasteiger partial charge in [0.2, 0.25) is 5.09 Å². The summed E-state index contributed by atoms with van der Waals surface area (Å²) in [6, 6.07) is 2.84. The van der Waals surface area contributed by atoms with Crippen LogP contribution in [0, 0.1) is 0 Å². The average molecular weight is 248 g/mol. The molecule has 0 aliphatic carbocycles. The van der Waals surface area contributed by atoms with E-state index < -0.39 is 16.1 Å². The molecule has 1 unspecified atom stereocenters. The van der Waals surface area contributed by atoms with E-state index in [0.29, 0.717) is 25.3 Å². The summed E-state index contributed by atoms with van der Waals surface area (Å²) in [7, 11) is -3.77. The molecule has 0 saturated carbocycles. The van der Waals surface area contributed by atoms with Crippen molar-refractivity contribution in [3.8, 4) is 0 Å². The first-order chi connectivity index (χ1) is 7.43. The number of furan rings is 1. The summed E-state index contributed by atoms with van der Waals surface area (Å²) >= 11 is 0. The van der Waals surface area contributed by atoms with Crippen LogP contribution in [0.4, 0.5) is 0 Å². The van der Waals surface area contributed by atoms with E-state index in [4.69, 9.17) is 9.56 Å². The van der Waals surface area contributed by atoms with Crippen molar-refractivity contribution >= 4 is 10.0 Å². The molecule has 0 bridgehead atoms. The van der Waals surface area contributed by atoms with Crippen molar-refractivity contribution in [1.82, 2.24) is 5.32 Å². The van der Waals surface area contributed by atoms with Gasteiger partial charge in [0.05, 0.1) is 12.6 Å². The third-order valence-corrected chi connectivity index (χ3v) is 2.85. The quantitative estimate of drug-likeness (QED) is 0.646. The first-order valence-corrected chi connectivity index (χ1v) is 6.48. The molecule has 6 nitrogen and oxygen atoms in total. The number of hydrogen-bond acceptors (Lipinski definition) is 5. The summed E-state index contributed by atoms with van der Waals surface area (Å²) in [4.78, 5) is 0. The second-order valence-electron chi connectivity index (χ2n) is 3.46. The predicted molar refractivity (Wildman–Crippen MR) is 58.1 cm³/mol. The molecule has 1 heterocycles. The van der Waals surface area contributed by atoms with Crippen molar-refractivity contribution in [1.29, 1.82) is 0 Å². The second-order valence-corrected chi connectivity index (χ2v) is 4.95. The van der Waals surface area contributed by atoms with E-state index in [-0.39, 0.29) is 5.09 Å². The van der Waals surface area contributed by atoms with Crippen LogP contribution in [0.1, 0.15) is 19.1 Å². The minimum Gasteiger partial charge on any atom is -0.447 e. The molecule has 0 aromatic carbocycles. The molecule has 0 amide bonds. The lowest BCUT2D eigenvalue weighted by Gasteiger charge is -2.07. The number of nitrogens with two attached hydrogens (primary N) is 1. The highest BCUT2D eigenvalue weighted by Crippen LogP contribution is 2.11. The molecule has 0 saturated heterocycles. The third-order valence-electron chi connectivity index (χ3n) is 2.07. The van der Waals surface area contributed by atoms with Crippen LogP contribution in [-0.2, 0) is 16.6 Å². The fourth-order valence-corrected chi connectivity index (χ4v) is 1.59. The Morgan fingerprint density at radius 3 is 2.75 bits per heavy atom. The SMILES string of the molecule is CCC(O)CNCc1ccc(S(N)(=O)=O)o1. The van der Waals surface area contributed by atoms with Crippen LogP contribution in [0.5, 0.6) is 0 Å². The van der Waals surface area contributed by atoms with Gasteiger partial charge in [-0.15, -0.1) is 0 Å². The normalized spacial score (nSPS) is 13.9. The highest BCUT2D eigenvalue weighted by molar-refractivity contribution is 7.89. The molecular weight excluding hydrogens is 232 g/mol. The molecule has 1 rings (SSSR count). The summed E-state index contributed by atoms with van der Waals surface area (Å²) in [6.45, 7) is 2.66. The fourth-order valence-electron chi connectivity index (χ4n) is 1.11.